The zero-order valence-corrected chi connectivity index (χ0v) is 11.8. The molecule has 92 valence electrons. The van der Waals surface area contributed by atoms with Gasteiger partial charge in [0.25, 0.3) is 5.89 Å². The van der Waals surface area contributed by atoms with E-state index < -0.39 is 0 Å². The van der Waals surface area contributed by atoms with Crippen LogP contribution in [-0.2, 0) is 0 Å². The smallest absolute Gasteiger partial charge is 0.267 e. The maximum absolute atomic E-state index is 5.23. The minimum Gasteiger partial charge on any atom is -0.333 e. The molecule has 0 fully saturated rings. The lowest BCUT2D eigenvalue weighted by molar-refractivity contribution is 0.426. The van der Waals surface area contributed by atoms with Crippen molar-refractivity contribution in [3.63, 3.8) is 0 Å². The monoisotopic (exact) mass is 250 g/mol. The van der Waals surface area contributed by atoms with Crippen molar-refractivity contribution >= 4 is 11.3 Å². The molecule has 2 aromatic heterocycles. The fourth-order valence-corrected chi connectivity index (χ4v) is 3.07. The lowest BCUT2D eigenvalue weighted by Gasteiger charge is -2.08. The van der Waals surface area contributed by atoms with Gasteiger partial charge in [-0.3, -0.25) is 0 Å². The van der Waals surface area contributed by atoms with Gasteiger partial charge in [-0.25, -0.2) is 0 Å². The fourth-order valence-electron chi connectivity index (χ4n) is 1.82. The van der Waals surface area contributed by atoms with Crippen molar-refractivity contribution in [1.82, 2.24) is 10.1 Å². The molecule has 2 heterocycles. The predicted octanol–water partition coefficient (Wildman–Crippen LogP) is 4.35. The van der Waals surface area contributed by atoms with Crippen LogP contribution in [0.5, 0.6) is 0 Å². The first-order valence-electron chi connectivity index (χ1n) is 5.93. The van der Waals surface area contributed by atoms with Gasteiger partial charge in [-0.05, 0) is 30.4 Å². The quantitative estimate of drug-likeness (QED) is 0.812. The highest BCUT2D eigenvalue weighted by Crippen LogP contribution is 2.38. The highest BCUT2D eigenvalue weighted by Gasteiger charge is 2.18. The van der Waals surface area contributed by atoms with Crippen LogP contribution in [0.3, 0.4) is 0 Å². The maximum Gasteiger partial charge on any atom is 0.267 e. The molecule has 0 aliphatic carbocycles. The van der Waals surface area contributed by atoms with Gasteiger partial charge in [-0.1, -0.05) is 32.9 Å². The molecule has 4 heteroatoms. The van der Waals surface area contributed by atoms with E-state index in [2.05, 4.69) is 43.9 Å². The van der Waals surface area contributed by atoms with Crippen LogP contribution in [-0.4, -0.2) is 10.1 Å². The Bertz CT molecular complexity index is 486. The van der Waals surface area contributed by atoms with Gasteiger partial charge in [0, 0.05) is 4.88 Å². The third kappa shape index (κ3) is 2.41. The highest BCUT2D eigenvalue weighted by atomic mass is 32.1. The van der Waals surface area contributed by atoms with Crippen LogP contribution in [0.2, 0.25) is 0 Å². The average Bonchev–Trinajstić information content (AvgIpc) is 2.82. The summed E-state index contributed by atoms with van der Waals surface area (Å²) in [5.41, 5.74) is 1.40. The Kier molecular flexibility index (Phi) is 3.33. The number of thiophene rings is 1. The van der Waals surface area contributed by atoms with Crippen LogP contribution >= 0.6 is 11.3 Å². The minimum atomic E-state index is 0.529. The molecule has 0 aliphatic rings. The lowest BCUT2D eigenvalue weighted by atomic mass is 9.99. The van der Waals surface area contributed by atoms with Crippen LogP contribution in [0, 0.1) is 6.92 Å². The second-order valence-electron chi connectivity index (χ2n) is 4.89. The Labute approximate surface area is 106 Å². The normalized spacial score (nSPS) is 11.7. The maximum atomic E-state index is 5.23. The third-order valence-electron chi connectivity index (χ3n) is 2.68. The molecule has 0 saturated heterocycles. The Balaban J connectivity index is 2.47. The van der Waals surface area contributed by atoms with Gasteiger partial charge in [0.2, 0.25) is 0 Å². The van der Waals surface area contributed by atoms with Crippen molar-refractivity contribution in [2.75, 3.05) is 0 Å². The summed E-state index contributed by atoms with van der Waals surface area (Å²) < 4.78 is 5.23. The van der Waals surface area contributed by atoms with Gasteiger partial charge in [0.05, 0.1) is 4.88 Å². The number of hydrogen-bond donors (Lipinski definition) is 0. The number of aromatic nitrogens is 2. The molecule has 0 radical (unpaired) electrons. The molecule has 0 aliphatic heterocycles. The van der Waals surface area contributed by atoms with Gasteiger partial charge < -0.3 is 4.52 Å². The van der Waals surface area contributed by atoms with Crippen LogP contribution in [0.25, 0.3) is 10.8 Å². The van der Waals surface area contributed by atoms with Crippen LogP contribution in [0.15, 0.2) is 10.6 Å². The molecule has 0 spiro atoms. The second kappa shape index (κ2) is 4.61. The molecule has 0 saturated carbocycles. The number of aryl methyl sites for hydroxylation is 1. The molecule has 2 rings (SSSR count). The Morgan fingerprint density at radius 3 is 2.29 bits per heavy atom. The molecular formula is C13H18N2OS. The zero-order valence-electron chi connectivity index (χ0n) is 10.9. The van der Waals surface area contributed by atoms with Gasteiger partial charge in [0.15, 0.2) is 5.82 Å². The number of hydrogen-bond acceptors (Lipinski definition) is 4. The Morgan fingerprint density at radius 2 is 1.88 bits per heavy atom. The van der Waals surface area contributed by atoms with Crippen molar-refractivity contribution < 1.29 is 4.52 Å². The van der Waals surface area contributed by atoms with Crippen LogP contribution in [0.1, 0.15) is 55.8 Å². The second-order valence-corrected chi connectivity index (χ2v) is 5.97. The summed E-state index contributed by atoms with van der Waals surface area (Å²) in [6.45, 7) is 10.7. The van der Waals surface area contributed by atoms with Crippen molar-refractivity contribution in [2.45, 2.75) is 46.5 Å². The van der Waals surface area contributed by atoms with Gasteiger partial charge in [-0.15, -0.1) is 11.3 Å². The topological polar surface area (TPSA) is 38.9 Å². The summed E-state index contributed by atoms with van der Waals surface area (Å²) in [6, 6.07) is 2.19. The van der Waals surface area contributed by atoms with E-state index >= 15 is 0 Å². The van der Waals surface area contributed by atoms with Crippen LogP contribution in [0.4, 0.5) is 0 Å². The largest absolute Gasteiger partial charge is 0.333 e. The van der Waals surface area contributed by atoms with Gasteiger partial charge >= 0.3 is 0 Å². The summed E-state index contributed by atoms with van der Waals surface area (Å²) in [5, 5.41) is 3.84. The van der Waals surface area contributed by atoms with Gasteiger partial charge in [-0.2, -0.15) is 4.98 Å². The summed E-state index contributed by atoms with van der Waals surface area (Å²) in [5.74, 6) is 2.39. The fraction of sp³-hybridized carbons (Fsp3) is 0.538. The van der Waals surface area contributed by atoms with E-state index in [9.17, 15) is 0 Å². The van der Waals surface area contributed by atoms with E-state index in [4.69, 9.17) is 4.52 Å². The predicted molar refractivity (Wildman–Crippen MR) is 70.5 cm³/mol. The number of rotatable bonds is 3. The molecule has 0 unspecified atom stereocenters. The first-order valence-corrected chi connectivity index (χ1v) is 6.75. The highest BCUT2D eigenvalue weighted by molar-refractivity contribution is 7.15. The molecule has 17 heavy (non-hydrogen) atoms. The van der Waals surface area contributed by atoms with E-state index in [1.54, 1.807) is 11.3 Å². The standard InChI is InChI=1S/C13H18N2OS/c1-7(2)10-6-11(17-12(10)8(3)4)13-14-9(5)15-16-13/h6-8H,1-5H3. The van der Waals surface area contributed by atoms with Crippen molar-refractivity contribution in [3.05, 3.63) is 22.3 Å². The van der Waals surface area contributed by atoms with Crippen LogP contribution < -0.4 is 0 Å². The summed E-state index contributed by atoms with van der Waals surface area (Å²) in [6.07, 6.45) is 0. The molecule has 0 N–H and O–H groups in total. The zero-order chi connectivity index (χ0) is 12.6. The van der Waals surface area contributed by atoms with Crippen molar-refractivity contribution in [2.24, 2.45) is 0 Å². The number of nitrogens with zero attached hydrogens (tertiary/aromatic N) is 2. The Hall–Kier alpha value is -1.16. The van der Waals surface area contributed by atoms with E-state index in [0.29, 0.717) is 23.6 Å². The lowest BCUT2D eigenvalue weighted by Crippen LogP contribution is -1.91. The average molecular weight is 250 g/mol. The van der Waals surface area contributed by atoms with E-state index in [1.165, 1.54) is 10.4 Å². The molecule has 0 atom stereocenters. The van der Waals surface area contributed by atoms with Gasteiger partial charge in [0.1, 0.15) is 0 Å². The SMILES string of the molecule is Cc1noc(-c2cc(C(C)C)c(C(C)C)s2)n1. The Morgan fingerprint density at radius 1 is 1.18 bits per heavy atom. The summed E-state index contributed by atoms with van der Waals surface area (Å²) in [7, 11) is 0. The summed E-state index contributed by atoms with van der Waals surface area (Å²) in [4.78, 5) is 6.79. The molecule has 0 aromatic carbocycles. The summed E-state index contributed by atoms with van der Waals surface area (Å²) >= 11 is 1.77. The van der Waals surface area contributed by atoms with Crippen molar-refractivity contribution in [1.29, 1.82) is 0 Å². The third-order valence-corrected chi connectivity index (χ3v) is 4.12. The molecule has 3 nitrogen and oxygen atoms in total. The van der Waals surface area contributed by atoms with E-state index in [-0.39, 0.29) is 0 Å². The molecular weight excluding hydrogens is 232 g/mol. The molecule has 0 bridgehead atoms. The first-order chi connectivity index (χ1) is 7.99. The van der Waals surface area contributed by atoms with E-state index in [0.717, 1.165) is 4.88 Å². The van der Waals surface area contributed by atoms with E-state index in [1.807, 2.05) is 6.92 Å². The van der Waals surface area contributed by atoms with Crippen molar-refractivity contribution in [3.8, 4) is 10.8 Å². The molecule has 0 amide bonds. The molecule has 2 aromatic rings. The minimum absolute atomic E-state index is 0.529. The first kappa shape index (κ1) is 12.3.